The van der Waals surface area contributed by atoms with Crippen LogP contribution in [0.15, 0.2) is 158 Å². The van der Waals surface area contributed by atoms with E-state index in [4.69, 9.17) is 32.3 Å². The summed E-state index contributed by atoms with van der Waals surface area (Å²) < 4.78 is 61.4. The number of aliphatic hydroxyl groups excluding tert-OH is 2. The maximum Gasteiger partial charge on any atom is 0.472 e. The molecule has 0 aliphatic carbocycles. The van der Waals surface area contributed by atoms with Crippen LogP contribution in [-0.2, 0) is 55.8 Å². The molecule has 0 spiro atoms. The SMILES string of the molecule is CC/C=C\C/C=C\C/C=C\C/C=C\C/C=C\C/C=C\CCCCCCCCCCCCCCCCC(=O)OCC(O)COP(=O)(O)OCC(O)COP(=O)(O)OCC(COC(=O)CCCCCCCCCCCCC/C=C\C/C=C\C/C=C\C/C=C\CCCCC)OC(=O)CCCCCCCC/C=C\C/C=C\C/C=C\CCCCC. The van der Waals surface area contributed by atoms with Crippen LogP contribution >= 0.6 is 15.6 Å². The van der Waals surface area contributed by atoms with Crippen LogP contribution in [0.3, 0.4) is 0 Å². The van der Waals surface area contributed by atoms with Crippen LogP contribution in [0, 0.1) is 0 Å². The average molecular weight is 1650 g/mol. The maximum absolute atomic E-state index is 13.0. The standard InChI is InChI=1S/C97H166O16P2/c1-4-7-10-13-16-19-22-25-28-31-34-36-38-40-42-43-44-45-46-47-49-51-52-54-57-59-62-65-68-71-74-77-80-83-95(100)107-86-92(98)87-109-114(103,104)110-88-93(99)89-111-115(105,106)112-91-94(113-97(102)85-82-79-76-73-70-67-64-61-56-33-30-27-24-21-18-15-12-9-6-3)90-108-96(101)84-81-78-75-72-69-66-63-60-58-55-53-50-48-41-39-37-35-32-29-26-23-20-17-14-11-8-5-2/h7,10,16-21,25-30,34-37,40-42,44-45,48,56,61,92-94,98-99H,4-6,8-9,11-15,22-24,31-33,38-39,43,46-47,49-55,57-60,62-91H2,1-3H3,(H,103,104)(H,105,106)/b10-7-,19-16-,20-17-,21-18-,28-25-,29-26-,30-27-,36-34-,37-35-,42-40-,45-44-,48-41-,61-56-. The quantitative estimate of drug-likeness (QED) is 0.0146. The predicted octanol–water partition coefficient (Wildman–Crippen LogP) is 28.1. The number of allylic oxidation sites excluding steroid dienone is 26. The molecule has 0 aromatic carbocycles. The molecule has 5 atom stereocenters. The molecule has 0 aromatic heterocycles. The minimum Gasteiger partial charge on any atom is -0.463 e. The number of carbonyl (C=O) groups excluding carboxylic acids is 3. The molecule has 0 fully saturated rings. The minimum absolute atomic E-state index is 0.0869. The third-order valence-corrected chi connectivity index (χ3v) is 21.1. The van der Waals surface area contributed by atoms with Crippen LogP contribution in [0.4, 0.5) is 0 Å². The summed E-state index contributed by atoms with van der Waals surface area (Å²) in [6, 6.07) is 0. The van der Waals surface area contributed by atoms with E-state index in [0.29, 0.717) is 19.3 Å². The van der Waals surface area contributed by atoms with Gasteiger partial charge in [-0.3, -0.25) is 32.5 Å². The number of ether oxygens (including phenoxy) is 3. The summed E-state index contributed by atoms with van der Waals surface area (Å²) >= 11 is 0. The van der Waals surface area contributed by atoms with Gasteiger partial charge >= 0.3 is 33.6 Å². The summed E-state index contributed by atoms with van der Waals surface area (Å²) in [5.41, 5.74) is 0. The van der Waals surface area contributed by atoms with Crippen molar-refractivity contribution in [2.24, 2.45) is 0 Å². The van der Waals surface area contributed by atoms with Gasteiger partial charge in [-0.25, -0.2) is 9.13 Å². The fourth-order valence-corrected chi connectivity index (χ4v) is 13.9. The second-order valence-electron chi connectivity index (χ2n) is 30.4. The second-order valence-corrected chi connectivity index (χ2v) is 33.3. The number of aliphatic hydroxyl groups is 2. The van der Waals surface area contributed by atoms with Crippen molar-refractivity contribution in [2.75, 3.05) is 39.6 Å². The van der Waals surface area contributed by atoms with E-state index in [-0.39, 0.29) is 19.3 Å². The van der Waals surface area contributed by atoms with Gasteiger partial charge in [0.05, 0.1) is 26.4 Å². The van der Waals surface area contributed by atoms with Crippen molar-refractivity contribution in [1.29, 1.82) is 0 Å². The zero-order valence-electron chi connectivity index (χ0n) is 72.7. The molecule has 0 rings (SSSR count). The molecular weight excluding hydrogens is 1480 g/mol. The topological polar surface area (TPSA) is 231 Å². The average Bonchev–Trinajstić information content (AvgIpc) is 0.902. The summed E-state index contributed by atoms with van der Waals surface area (Å²) in [7, 11) is -9.81. The normalized spacial score (nSPS) is 14.5. The van der Waals surface area contributed by atoms with Crippen molar-refractivity contribution >= 4 is 33.6 Å². The first kappa shape index (κ1) is 110. The molecule has 5 unspecified atom stereocenters. The van der Waals surface area contributed by atoms with Gasteiger partial charge in [0, 0.05) is 19.3 Å². The number of rotatable bonds is 86. The zero-order valence-corrected chi connectivity index (χ0v) is 74.5. The van der Waals surface area contributed by atoms with Crippen molar-refractivity contribution < 1.29 is 75.8 Å². The molecule has 4 N–H and O–H groups in total. The van der Waals surface area contributed by atoms with Crippen molar-refractivity contribution in [1.82, 2.24) is 0 Å². The van der Waals surface area contributed by atoms with E-state index < -0.39 is 91.5 Å². The summed E-state index contributed by atoms with van der Waals surface area (Å²) in [5.74, 6) is -1.59. The molecule has 0 aliphatic heterocycles. The fraction of sp³-hybridized carbons (Fsp3) is 0.701. The molecule has 16 nitrogen and oxygen atoms in total. The predicted molar refractivity (Wildman–Crippen MR) is 482 cm³/mol. The minimum atomic E-state index is -4.95. The molecule has 0 aliphatic rings. The van der Waals surface area contributed by atoms with Crippen molar-refractivity contribution in [3.63, 3.8) is 0 Å². The van der Waals surface area contributed by atoms with Crippen LogP contribution < -0.4 is 0 Å². The Morgan fingerprint density at radius 2 is 0.461 bits per heavy atom. The van der Waals surface area contributed by atoms with E-state index in [2.05, 4.69) is 179 Å². The van der Waals surface area contributed by atoms with Crippen molar-refractivity contribution in [3.8, 4) is 0 Å². The van der Waals surface area contributed by atoms with Gasteiger partial charge in [0.1, 0.15) is 25.4 Å². The Morgan fingerprint density at radius 1 is 0.252 bits per heavy atom. The number of hydrogen-bond donors (Lipinski definition) is 4. The molecule has 0 aromatic rings. The summed E-state index contributed by atoms with van der Waals surface area (Å²) in [4.78, 5) is 59.0. The second kappa shape index (κ2) is 88.5. The molecule has 0 radical (unpaired) electrons. The monoisotopic (exact) mass is 1650 g/mol. The van der Waals surface area contributed by atoms with Crippen LogP contribution in [0.5, 0.6) is 0 Å². The first-order valence-corrected chi connectivity index (χ1v) is 48.8. The highest BCUT2D eigenvalue weighted by molar-refractivity contribution is 7.47. The highest BCUT2D eigenvalue weighted by Crippen LogP contribution is 2.45. The third kappa shape index (κ3) is 89.8. The van der Waals surface area contributed by atoms with Crippen LogP contribution in [0.25, 0.3) is 0 Å². The maximum atomic E-state index is 13.0. The van der Waals surface area contributed by atoms with Gasteiger partial charge in [0.25, 0.3) is 0 Å². The number of esters is 3. The van der Waals surface area contributed by atoms with E-state index in [1.165, 1.54) is 148 Å². The van der Waals surface area contributed by atoms with E-state index in [1.54, 1.807) is 0 Å². The molecule has 0 amide bonds. The Morgan fingerprint density at radius 3 is 0.730 bits per heavy atom. The van der Waals surface area contributed by atoms with Gasteiger partial charge in [-0.15, -0.1) is 0 Å². The van der Waals surface area contributed by atoms with Crippen molar-refractivity contribution in [3.05, 3.63) is 158 Å². The zero-order chi connectivity index (χ0) is 83.6. The van der Waals surface area contributed by atoms with Gasteiger partial charge in [0.2, 0.25) is 0 Å². The Hall–Kier alpha value is -4.83. The summed E-state index contributed by atoms with van der Waals surface area (Å²) in [5, 5.41) is 20.7. The Labute approximate surface area is 701 Å². The highest BCUT2D eigenvalue weighted by atomic mass is 31.2. The van der Waals surface area contributed by atoms with Crippen LogP contribution in [-0.4, -0.2) is 95.9 Å². The molecule has 0 saturated heterocycles. The molecule has 18 heteroatoms. The van der Waals surface area contributed by atoms with E-state index >= 15 is 0 Å². The molecule has 115 heavy (non-hydrogen) atoms. The summed E-state index contributed by atoms with van der Waals surface area (Å²) in [6.07, 6.45) is 113. The molecule has 660 valence electrons. The molecule has 0 saturated carbocycles. The lowest BCUT2D eigenvalue weighted by atomic mass is 10.0. The van der Waals surface area contributed by atoms with Gasteiger partial charge in [-0.2, -0.15) is 0 Å². The Kier molecular flexibility index (Phi) is 84.7. The van der Waals surface area contributed by atoms with E-state index in [9.17, 15) is 43.5 Å². The Bertz CT molecular complexity index is 2720. The highest BCUT2D eigenvalue weighted by Gasteiger charge is 2.29. The van der Waals surface area contributed by atoms with Gasteiger partial charge < -0.3 is 34.2 Å². The van der Waals surface area contributed by atoms with Crippen LogP contribution in [0.2, 0.25) is 0 Å². The summed E-state index contributed by atoms with van der Waals surface area (Å²) in [6.45, 7) is 2.54. The first-order valence-electron chi connectivity index (χ1n) is 45.8. The lowest BCUT2D eigenvalue weighted by molar-refractivity contribution is -0.161. The van der Waals surface area contributed by atoms with Gasteiger partial charge in [-0.1, -0.05) is 365 Å². The number of unbranched alkanes of at least 4 members (excludes halogenated alkanes) is 37. The number of phosphoric ester groups is 2. The van der Waals surface area contributed by atoms with Crippen LogP contribution in [0.1, 0.15) is 380 Å². The molecule has 0 heterocycles. The molecule has 0 bridgehead atoms. The lowest BCUT2D eigenvalue weighted by Gasteiger charge is -2.21. The smallest absolute Gasteiger partial charge is 0.463 e. The van der Waals surface area contributed by atoms with Gasteiger partial charge in [0.15, 0.2) is 6.10 Å². The Balaban J connectivity index is 4.55. The fourth-order valence-electron chi connectivity index (χ4n) is 12.3. The van der Waals surface area contributed by atoms with Gasteiger partial charge in [-0.05, 0) is 154 Å². The number of phosphoric acid groups is 2. The molecular formula is C97H166O16P2. The van der Waals surface area contributed by atoms with E-state index in [0.717, 1.165) is 173 Å². The first-order chi connectivity index (χ1) is 56.2. The number of carbonyl (C=O) groups is 3. The number of hydrogen-bond acceptors (Lipinski definition) is 14. The third-order valence-electron chi connectivity index (χ3n) is 19.2. The van der Waals surface area contributed by atoms with E-state index in [1.807, 2.05) is 0 Å². The lowest BCUT2D eigenvalue weighted by Crippen LogP contribution is -2.30. The largest absolute Gasteiger partial charge is 0.472 e. The van der Waals surface area contributed by atoms with Crippen molar-refractivity contribution in [2.45, 2.75) is 399 Å².